The molecule has 0 aliphatic carbocycles. The topological polar surface area (TPSA) is 86.8 Å². The predicted molar refractivity (Wildman–Crippen MR) is 176 cm³/mol. The fraction of sp³-hybridized carbons (Fsp3) is 0.257. The molecule has 0 saturated heterocycles. The highest BCUT2D eigenvalue weighted by Gasteiger charge is 2.35. The van der Waals surface area contributed by atoms with Crippen LogP contribution in [0, 0.1) is 18.7 Å². The van der Waals surface area contributed by atoms with Crippen LogP contribution in [0.4, 0.5) is 10.1 Å². The average molecular weight is 650 g/mol. The van der Waals surface area contributed by atoms with Gasteiger partial charge in [0.1, 0.15) is 18.4 Å². The number of sulfonamides is 1. The third kappa shape index (κ3) is 8.93. The number of hydrogen-bond donors (Lipinski definition) is 1. The molecule has 1 atom stereocenters. The van der Waals surface area contributed by atoms with Crippen molar-refractivity contribution < 1.29 is 22.4 Å². The second-order valence-electron chi connectivity index (χ2n) is 11.2. The summed E-state index contributed by atoms with van der Waals surface area (Å²) in [4.78, 5) is 29.6. The Kier molecular flexibility index (Phi) is 11.4. The van der Waals surface area contributed by atoms with Gasteiger partial charge in [0.2, 0.25) is 11.8 Å². The lowest BCUT2D eigenvalue weighted by molar-refractivity contribution is -0.140. The number of aryl methyl sites for hydroxylation is 1. The van der Waals surface area contributed by atoms with Crippen LogP contribution in [0.1, 0.15) is 30.5 Å². The van der Waals surface area contributed by atoms with Crippen molar-refractivity contribution in [2.45, 2.75) is 44.7 Å². The normalized spacial score (nSPS) is 12.0. The van der Waals surface area contributed by atoms with Crippen LogP contribution in [0.2, 0.25) is 5.02 Å². The van der Waals surface area contributed by atoms with E-state index in [0.29, 0.717) is 28.4 Å². The molecular formula is C35H37ClFN3O4S. The summed E-state index contributed by atoms with van der Waals surface area (Å²) < 4.78 is 43.1. The minimum absolute atomic E-state index is 0.0384. The number of carbonyl (C=O) groups is 2. The first kappa shape index (κ1) is 33.7. The zero-order valence-corrected chi connectivity index (χ0v) is 27.1. The molecule has 0 aliphatic heterocycles. The van der Waals surface area contributed by atoms with Crippen molar-refractivity contribution in [3.05, 3.63) is 131 Å². The van der Waals surface area contributed by atoms with Crippen LogP contribution in [0.25, 0.3) is 0 Å². The SMILES string of the molecule is Cc1ccccc1N(CC(=O)N(Cc1ccc(F)cc1)[C@@H](Cc1ccccc1)C(=O)NCC(C)C)S(=O)(=O)c1ccc(Cl)cc1. The van der Waals surface area contributed by atoms with E-state index in [1.807, 2.05) is 44.2 Å². The van der Waals surface area contributed by atoms with Crippen LogP contribution < -0.4 is 9.62 Å². The Balaban J connectivity index is 1.80. The van der Waals surface area contributed by atoms with E-state index >= 15 is 0 Å². The highest BCUT2D eigenvalue weighted by Crippen LogP contribution is 2.28. The molecule has 0 saturated carbocycles. The summed E-state index contributed by atoms with van der Waals surface area (Å²) >= 11 is 6.04. The molecule has 0 aromatic heterocycles. The van der Waals surface area contributed by atoms with Crippen molar-refractivity contribution in [1.82, 2.24) is 10.2 Å². The molecule has 0 heterocycles. The lowest BCUT2D eigenvalue weighted by Gasteiger charge is -2.34. The van der Waals surface area contributed by atoms with Gasteiger partial charge in [0.25, 0.3) is 10.0 Å². The summed E-state index contributed by atoms with van der Waals surface area (Å²) in [7, 11) is -4.25. The van der Waals surface area contributed by atoms with Gasteiger partial charge in [-0.15, -0.1) is 0 Å². The van der Waals surface area contributed by atoms with Gasteiger partial charge in [-0.1, -0.05) is 86.1 Å². The zero-order chi connectivity index (χ0) is 32.6. The van der Waals surface area contributed by atoms with E-state index in [-0.39, 0.29) is 29.7 Å². The van der Waals surface area contributed by atoms with Crippen LogP contribution in [0.5, 0.6) is 0 Å². The number of nitrogens with one attached hydrogen (secondary N) is 1. The monoisotopic (exact) mass is 649 g/mol. The molecule has 2 amide bonds. The Morgan fingerprint density at radius 1 is 0.844 bits per heavy atom. The molecule has 4 aromatic carbocycles. The van der Waals surface area contributed by atoms with Gasteiger partial charge in [0.15, 0.2) is 0 Å². The molecular weight excluding hydrogens is 613 g/mol. The van der Waals surface area contributed by atoms with E-state index in [0.717, 1.165) is 9.87 Å². The zero-order valence-electron chi connectivity index (χ0n) is 25.5. The van der Waals surface area contributed by atoms with Crippen LogP contribution in [0.15, 0.2) is 108 Å². The Morgan fingerprint density at radius 3 is 2.09 bits per heavy atom. The molecule has 236 valence electrons. The summed E-state index contributed by atoms with van der Waals surface area (Å²) in [6.07, 6.45) is 0.187. The van der Waals surface area contributed by atoms with Gasteiger partial charge in [-0.25, -0.2) is 12.8 Å². The fourth-order valence-electron chi connectivity index (χ4n) is 4.85. The lowest BCUT2D eigenvalue weighted by atomic mass is 10.0. The number of hydrogen-bond acceptors (Lipinski definition) is 4. The largest absolute Gasteiger partial charge is 0.354 e. The summed E-state index contributed by atoms with van der Waals surface area (Å²) in [5.41, 5.74) is 2.38. The number of halogens is 2. The first-order valence-electron chi connectivity index (χ1n) is 14.6. The van der Waals surface area contributed by atoms with E-state index in [4.69, 9.17) is 11.6 Å². The quantitative estimate of drug-likeness (QED) is 0.182. The van der Waals surface area contributed by atoms with E-state index in [1.165, 1.54) is 41.3 Å². The number of benzene rings is 4. The van der Waals surface area contributed by atoms with Crippen molar-refractivity contribution in [3.63, 3.8) is 0 Å². The smallest absolute Gasteiger partial charge is 0.264 e. The molecule has 0 unspecified atom stereocenters. The van der Waals surface area contributed by atoms with Gasteiger partial charge in [0, 0.05) is 24.5 Å². The van der Waals surface area contributed by atoms with E-state index in [1.54, 1.807) is 43.3 Å². The van der Waals surface area contributed by atoms with Crippen molar-refractivity contribution in [2.24, 2.45) is 5.92 Å². The van der Waals surface area contributed by atoms with Crippen LogP contribution in [-0.4, -0.2) is 44.3 Å². The maximum Gasteiger partial charge on any atom is 0.264 e. The second-order valence-corrected chi connectivity index (χ2v) is 13.5. The maximum absolute atomic E-state index is 14.5. The number of nitrogens with zero attached hydrogens (tertiary/aromatic N) is 2. The Labute approximate surface area is 269 Å². The van der Waals surface area contributed by atoms with Gasteiger partial charge in [-0.2, -0.15) is 0 Å². The molecule has 45 heavy (non-hydrogen) atoms. The van der Waals surface area contributed by atoms with Gasteiger partial charge in [-0.05, 0) is 72.0 Å². The predicted octanol–water partition coefficient (Wildman–Crippen LogP) is 6.40. The number of amides is 2. The molecule has 0 bridgehead atoms. The number of para-hydroxylation sites is 1. The Hall–Kier alpha value is -4.21. The third-order valence-electron chi connectivity index (χ3n) is 7.29. The molecule has 0 aliphatic rings. The summed E-state index contributed by atoms with van der Waals surface area (Å²) in [6, 6.07) is 26.6. The molecule has 1 N–H and O–H groups in total. The fourth-order valence-corrected chi connectivity index (χ4v) is 6.46. The van der Waals surface area contributed by atoms with Crippen molar-refractivity contribution in [1.29, 1.82) is 0 Å². The van der Waals surface area contributed by atoms with E-state index in [9.17, 15) is 22.4 Å². The first-order chi connectivity index (χ1) is 21.5. The van der Waals surface area contributed by atoms with E-state index < -0.39 is 34.3 Å². The standard InChI is InChI=1S/C35H37ClFN3O4S/c1-25(2)22-38-35(42)33(21-27-10-5-4-6-11-27)39(23-28-13-17-30(37)18-14-28)34(41)24-40(32-12-8-7-9-26(32)3)45(43,44)31-19-15-29(36)16-20-31/h4-20,25,33H,21-24H2,1-3H3,(H,38,42)/t33-/m0/s1. The average Bonchev–Trinajstić information content (AvgIpc) is 3.02. The minimum atomic E-state index is -4.25. The minimum Gasteiger partial charge on any atom is -0.354 e. The van der Waals surface area contributed by atoms with Crippen molar-refractivity contribution in [2.75, 3.05) is 17.4 Å². The molecule has 0 spiro atoms. The number of anilines is 1. The molecule has 4 aromatic rings. The van der Waals surface area contributed by atoms with E-state index in [2.05, 4.69) is 5.32 Å². The second kappa shape index (κ2) is 15.2. The summed E-state index contributed by atoms with van der Waals surface area (Å²) in [5.74, 6) is -1.24. The van der Waals surface area contributed by atoms with Gasteiger partial charge in [0.05, 0.1) is 10.6 Å². The lowest BCUT2D eigenvalue weighted by Crippen LogP contribution is -2.53. The van der Waals surface area contributed by atoms with Crippen molar-refractivity contribution in [3.8, 4) is 0 Å². The Bertz CT molecular complexity index is 1700. The molecule has 4 rings (SSSR count). The van der Waals surface area contributed by atoms with Crippen molar-refractivity contribution >= 4 is 39.1 Å². The highest BCUT2D eigenvalue weighted by molar-refractivity contribution is 7.92. The maximum atomic E-state index is 14.5. The number of rotatable bonds is 13. The summed E-state index contributed by atoms with van der Waals surface area (Å²) in [6.45, 7) is 5.46. The Morgan fingerprint density at radius 2 is 1.47 bits per heavy atom. The molecule has 7 nitrogen and oxygen atoms in total. The van der Waals surface area contributed by atoms with Crippen LogP contribution in [-0.2, 0) is 32.6 Å². The van der Waals surface area contributed by atoms with Gasteiger partial charge in [-0.3, -0.25) is 13.9 Å². The highest BCUT2D eigenvalue weighted by atomic mass is 35.5. The molecule has 0 radical (unpaired) electrons. The van der Waals surface area contributed by atoms with Gasteiger partial charge < -0.3 is 10.2 Å². The summed E-state index contributed by atoms with van der Waals surface area (Å²) in [5, 5.41) is 3.32. The van der Waals surface area contributed by atoms with Gasteiger partial charge >= 0.3 is 0 Å². The van der Waals surface area contributed by atoms with Crippen LogP contribution in [0.3, 0.4) is 0 Å². The first-order valence-corrected chi connectivity index (χ1v) is 16.5. The number of carbonyl (C=O) groups excluding carboxylic acids is 2. The molecule has 0 fully saturated rings. The molecule has 10 heteroatoms. The van der Waals surface area contributed by atoms with Crippen LogP contribution >= 0.6 is 11.6 Å². The third-order valence-corrected chi connectivity index (χ3v) is 9.31.